The van der Waals surface area contributed by atoms with Crippen LogP contribution in [-0.2, 0) is 25.7 Å². The number of alkyl halides is 3. The van der Waals surface area contributed by atoms with Gasteiger partial charge in [0.15, 0.2) is 0 Å². The van der Waals surface area contributed by atoms with E-state index >= 15 is 0 Å². The number of halogens is 3. The molecule has 1 aliphatic heterocycles. The van der Waals surface area contributed by atoms with Crippen LogP contribution in [0.2, 0.25) is 0 Å². The molecular formula is C23H19F3N6O. The number of aromatic amines is 1. The third-order valence-corrected chi connectivity index (χ3v) is 5.67. The van der Waals surface area contributed by atoms with Crippen molar-refractivity contribution in [2.45, 2.75) is 25.7 Å². The molecule has 7 nitrogen and oxygen atoms in total. The zero-order chi connectivity index (χ0) is 23.0. The number of hydrogen-bond donors (Lipinski definition) is 1. The molecule has 0 bridgehead atoms. The summed E-state index contributed by atoms with van der Waals surface area (Å²) in [5.74, 6) is 0.448. The lowest BCUT2D eigenvalue weighted by atomic mass is 10.1. The summed E-state index contributed by atoms with van der Waals surface area (Å²) in [6.07, 6.45) is 2.68. The molecule has 0 unspecified atom stereocenters. The number of H-pyrrole nitrogens is 1. The lowest BCUT2D eigenvalue weighted by molar-refractivity contribution is -0.137. The number of benzene rings is 1. The second kappa shape index (κ2) is 8.28. The van der Waals surface area contributed by atoms with Gasteiger partial charge in [0.2, 0.25) is 0 Å². The largest absolute Gasteiger partial charge is 0.416 e. The fourth-order valence-corrected chi connectivity index (χ4v) is 4.01. The number of fused-ring (bicyclic) bond motifs is 1. The quantitative estimate of drug-likeness (QED) is 0.512. The van der Waals surface area contributed by atoms with E-state index in [1.54, 1.807) is 12.4 Å². The maximum atomic E-state index is 12.9. The third-order valence-electron chi connectivity index (χ3n) is 5.67. The highest BCUT2D eigenvalue weighted by molar-refractivity contribution is 5.52. The van der Waals surface area contributed by atoms with Crippen LogP contribution < -0.4 is 5.56 Å². The minimum Gasteiger partial charge on any atom is -0.320 e. The fourth-order valence-electron chi connectivity index (χ4n) is 4.01. The molecule has 0 fully saturated rings. The summed E-state index contributed by atoms with van der Waals surface area (Å²) in [6, 6.07) is 8.86. The predicted octanol–water partition coefficient (Wildman–Crippen LogP) is 3.59. The molecule has 168 valence electrons. The highest BCUT2D eigenvalue weighted by atomic mass is 19.4. The Balaban J connectivity index is 1.35. The molecule has 1 N–H and O–H groups in total. The van der Waals surface area contributed by atoms with Crippen molar-refractivity contribution < 1.29 is 13.2 Å². The number of rotatable bonds is 4. The fraction of sp³-hybridized carbons (Fsp3) is 0.217. The van der Waals surface area contributed by atoms with Crippen LogP contribution in [0.25, 0.3) is 17.1 Å². The van der Waals surface area contributed by atoms with Gasteiger partial charge in [-0.25, -0.2) is 15.0 Å². The number of hydrogen-bond acceptors (Lipinski definition) is 5. The van der Waals surface area contributed by atoms with Crippen molar-refractivity contribution in [2.24, 2.45) is 0 Å². The normalized spacial score (nSPS) is 14.3. The van der Waals surface area contributed by atoms with Gasteiger partial charge in [0, 0.05) is 56.0 Å². The van der Waals surface area contributed by atoms with Crippen LogP contribution in [0, 0.1) is 0 Å². The molecule has 10 heteroatoms. The summed E-state index contributed by atoms with van der Waals surface area (Å²) in [7, 11) is 0. The van der Waals surface area contributed by atoms with Crippen LogP contribution in [-0.4, -0.2) is 35.9 Å². The molecule has 0 amide bonds. The van der Waals surface area contributed by atoms with Crippen molar-refractivity contribution in [3.05, 3.63) is 94.2 Å². The first-order valence-corrected chi connectivity index (χ1v) is 10.3. The number of nitrogens with one attached hydrogen (secondary N) is 1. The Morgan fingerprint density at radius 1 is 1.06 bits per heavy atom. The minimum atomic E-state index is -4.37. The average molecular weight is 452 g/mol. The van der Waals surface area contributed by atoms with Gasteiger partial charge in [-0.2, -0.15) is 13.2 Å². The summed E-state index contributed by atoms with van der Waals surface area (Å²) in [4.78, 5) is 30.2. The Morgan fingerprint density at radius 3 is 2.55 bits per heavy atom. The molecule has 4 aromatic rings. The van der Waals surface area contributed by atoms with Crippen molar-refractivity contribution in [3.63, 3.8) is 0 Å². The molecule has 1 aliphatic rings. The van der Waals surface area contributed by atoms with E-state index in [2.05, 4.69) is 24.8 Å². The molecule has 33 heavy (non-hydrogen) atoms. The molecule has 0 saturated heterocycles. The lowest BCUT2D eigenvalue weighted by Crippen LogP contribution is -2.35. The first-order valence-electron chi connectivity index (χ1n) is 10.3. The van der Waals surface area contributed by atoms with Crippen LogP contribution >= 0.6 is 0 Å². The molecule has 0 aliphatic carbocycles. The summed E-state index contributed by atoms with van der Waals surface area (Å²) in [6.45, 7) is 1.68. The molecule has 0 radical (unpaired) electrons. The molecule has 1 aromatic carbocycles. The van der Waals surface area contributed by atoms with E-state index < -0.39 is 11.7 Å². The highest BCUT2D eigenvalue weighted by Crippen LogP contribution is 2.30. The Morgan fingerprint density at radius 2 is 1.82 bits per heavy atom. The summed E-state index contributed by atoms with van der Waals surface area (Å²) >= 11 is 0. The second-order valence-corrected chi connectivity index (χ2v) is 7.84. The molecule has 4 heterocycles. The predicted molar refractivity (Wildman–Crippen MR) is 114 cm³/mol. The summed E-state index contributed by atoms with van der Waals surface area (Å²) in [5.41, 5.74) is 2.72. The van der Waals surface area contributed by atoms with Crippen molar-refractivity contribution >= 4 is 0 Å². The van der Waals surface area contributed by atoms with Crippen LogP contribution in [0.1, 0.15) is 22.5 Å². The Hall–Kier alpha value is -3.79. The highest BCUT2D eigenvalue weighted by Gasteiger charge is 2.30. The number of aromatic nitrogens is 5. The third kappa shape index (κ3) is 4.29. The average Bonchev–Trinajstić information content (AvgIpc) is 3.27. The minimum absolute atomic E-state index is 0.193. The zero-order valence-corrected chi connectivity index (χ0v) is 17.4. The van der Waals surface area contributed by atoms with Crippen molar-refractivity contribution in [1.82, 2.24) is 29.4 Å². The molecule has 0 atom stereocenters. The Labute approximate surface area is 186 Å². The van der Waals surface area contributed by atoms with E-state index in [1.165, 1.54) is 18.5 Å². The maximum Gasteiger partial charge on any atom is 0.416 e. The van der Waals surface area contributed by atoms with Crippen LogP contribution in [0.4, 0.5) is 13.2 Å². The smallest absolute Gasteiger partial charge is 0.320 e. The molecule has 0 spiro atoms. The van der Waals surface area contributed by atoms with Crippen molar-refractivity contribution in [1.29, 1.82) is 0 Å². The topological polar surface area (TPSA) is 79.7 Å². The molecule has 3 aromatic heterocycles. The molecule has 0 saturated carbocycles. The van der Waals surface area contributed by atoms with E-state index in [0.717, 1.165) is 23.5 Å². The second-order valence-electron chi connectivity index (χ2n) is 7.84. The Kier molecular flexibility index (Phi) is 5.29. The van der Waals surface area contributed by atoms with Crippen LogP contribution in [0.15, 0.2) is 66.1 Å². The van der Waals surface area contributed by atoms with Gasteiger partial charge < -0.3 is 9.55 Å². The van der Waals surface area contributed by atoms with Gasteiger partial charge in [0.1, 0.15) is 12.2 Å². The van der Waals surface area contributed by atoms with E-state index in [-0.39, 0.29) is 5.56 Å². The molecule has 5 rings (SSSR count). The summed E-state index contributed by atoms with van der Waals surface area (Å²) < 4.78 is 40.5. The van der Waals surface area contributed by atoms with E-state index in [9.17, 15) is 18.0 Å². The summed E-state index contributed by atoms with van der Waals surface area (Å²) in [5, 5.41) is 0. The van der Waals surface area contributed by atoms with Crippen molar-refractivity contribution in [3.8, 4) is 17.1 Å². The first kappa shape index (κ1) is 21.1. The van der Waals surface area contributed by atoms with Gasteiger partial charge in [-0.1, -0.05) is 0 Å². The van der Waals surface area contributed by atoms with Gasteiger partial charge in [-0.15, -0.1) is 0 Å². The van der Waals surface area contributed by atoms with Crippen LogP contribution in [0.3, 0.4) is 0 Å². The first-order chi connectivity index (χ1) is 15.9. The van der Waals surface area contributed by atoms with Gasteiger partial charge in [0.05, 0.1) is 22.4 Å². The van der Waals surface area contributed by atoms with Gasteiger partial charge >= 0.3 is 6.18 Å². The standard InChI is InChI=1S/C23H19F3N6O/c24-23(25,26)16-3-5-17(6-4-16)32-8-1-2-18(32)12-31-9-7-20-19(13-31)22(33)30-21(29-20)15-10-27-14-28-11-15/h1-6,8,10-11,14H,7,9,12-13H2,(H,29,30,33). The van der Waals surface area contributed by atoms with Gasteiger partial charge in [-0.3, -0.25) is 9.69 Å². The number of nitrogens with zero attached hydrogens (tertiary/aromatic N) is 5. The van der Waals surface area contributed by atoms with Crippen LogP contribution in [0.5, 0.6) is 0 Å². The van der Waals surface area contributed by atoms with E-state index in [4.69, 9.17) is 0 Å². The SMILES string of the molecule is O=c1[nH]c(-c2cncnc2)nc2c1CN(Cc1cccn1-c1ccc(C(F)(F)F)cc1)CC2. The van der Waals surface area contributed by atoms with Crippen molar-refractivity contribution in [2.75, 3.05) is 6.54 Å². The van der Waals surface area contributed by atoms with E-state index in [0.29, 0.717) is 48.7 Å². The monoisotopic (exact) mass is 452 g/mol. The lowest BCUT2D eigenvalue weighted by Gasteiger charge is -2.28. The Bertz CT molecular complexity index is 1330. The van der Waals surface area contributed by atoms with E-state index in [1.807, 2.05) is 22.9 Å². The zero-order valence-electron chi connectivity index (χ0n) is 17.4. The van der Waals surface area contributed by atoms with Gasteiger partial charge in [0.25, 0.3) is 5.56 Å². The molecular weight excluding hydrogens is 433 g/mol. The maximum absolute atomic E-state index is 12.9. The van der Waals surface area contributed by atoms with Gasteiger partial charge in [-0.05, 0) is 36.4 Å².